The molecule has 8 heteroatoms. The van der Waals surface area contributed by atoms with Gasteiger partial charge in [-0.05, 0) is 19.9 Å². The lowest BCUT2D eigenvalue weighted by molar-refractivity contribution is -0.147. The van der Waals surface area contributed by atoms with Crippen molar-refractivity contribution in [2.75, 3.05) is 19.8 Å². The topological polar surface area (TPSA) is 84.7 Å². The van der Waals surface area contributed by atoms with E-state index in [4.69, 9.17) is 4.74 Å². The maximum atomic E-state index is 12.8. The molecule has 23 heavy (non-hydrogen) atoms. The number of carboxylic acids is 1. The summed E-state index contributed by atoms with van der Waals surface area (Å²) in [7, 11) is 0. The molecule has 0 aliphatic carbocycles. The molecule has 0 spiro atoms. The van der Waals surface area contributed by atoms with Gasteiger partial charge in [-0.25, -0.2) is 9.78 Å². The van der Waals surface area contributed by atoms with Crippen molar-refractivity contribution in [1.29, 1.82) is 0 Å². The number of morpholine rings is 1. The maximum Gasteiger partial charge on any atom is 0.328 e. The third kappa shape index (κ3) is 2.75. The van der Waals surface area contributed by atoms with Gasteiger partial charge in [0.25, 0.3) is 5.91 Å². The molecule has 0 aromatic carbocycles. The fourth-order valence-corrected chi connectivity index (χ4v) is 3.56. The molecule has 0 saturated carbocycles. The number of carbonyl (C=O) groups excluding carboxylic acids is 1. The summed E-state index contributed by atoms with van der Waals surface area (Å²) in [5.74, 6) is -1.33. The van der Waals surface area contributed by atoms with Crippen LogP contribution >= 0.6 is 11.3 Å². The van der Waals surface area contributed by atoms with Crippen LogP contribution in [0.15, 0.2) is 17.6 Å². The van der Waals surface area contributed by atoms with Crippen molar-refractivity contribution in [3.05, 3.63) is 34.6 Å². The number of nitrogens with zero attached hydrogens (tertiary/aromatic N) is 3. The van der Waals surface area contributed by atoms with Gasteiger partial charge in [0.05, 0.1) is 18.8 Å². The Balaban J connectivity index is 1.97. The predicted molar refractivity (Wildman–Crippen MR) is 84.2 cm³/mol. The van der Waals surface area contributed by atoms with Crippen LogP contribution < -0.4 is 0 Å². The second kappa shape index (κ2) is 6.13. The zero-order valence-corrected chi connectivity index (χ0v) is 13.7. The summed E-state index contributed by atoms with van der Waals surface area (Å²) in [6.07, 6.45) is 1.71. The molecular weight excluding hydrogens is 318 g/mol. The van der Waals surface area contributed by atoms with E-state index in [1.165, 1.54) is 16.2 Å². The van der Waals surface area contributed by atoms with E-state index in [-0.39, 0.29) is 19.1 Å². The minimum Gasteiger partial charge on any atom is -0.480 e. The van der Waals surface area contributed by atoms with E-state index in [0.29, 0.717) is 12.2 Å². The lowest BCUT2D eigenvalue weighted by Gasteiger charge is -2.32. The average Bonchev–Trinajstić information content (AvgIpc) is 3.14. The van der Waals surface area contributed by atoms with Gasteiger partial charge in [0.1, 0.15) is 0 Å². The van der Waals surface area contributed by atoms with Crippen LogP contribution in [0.4, 0.5) is 0 Å². The van der Waals surface area contributed by atoms with E-state index < -0.39 is 12.0 Å². The highest BCUT2D eigenvalue weighted by Gasteiger charge is 2.34. The summed E-state index contributed by atoms with van der Waals surface area (Å²) in [5.41, 5.74) is 2.16. The molecule has 2 aromatic heterocycles. The summed E-state index contributed by atoms with van der Waals surface area (Å²) in [6, 6.07) is 0.840. The molecule has 1 amide bonds. The van der Waals surface area contributed by atoms with Crippen molar-refractivity contribution in [1.82, 2.24) is 14.5 Å². The van der Waals surface area contributed by atoms with Crippen molar-refractivity contribution < 1.29 is 19.4 Å². The summed E-state index contributed by atoms with van der Waals surface area (Å²) in [5, 5.41) is 12.0. The molecule has 1 atom stereocenters. The molecule has 122 valence electrons. The number of aromatic nitrogens is 2. The Bertz CT molecular complexity index is 738. The number of thiazole rings is 1. The first kappa shape index (κ1) is 15.7. The minimum absolute atomic E-state index is 0.0201. The zero-order chi connectivity index (χ0) is 16.6. The lowest BCUT2D eigenvalue weighted by atomic mass is 10.1. The van der Waals surface area contributed by atoms with Crippen molar-refractivity contribution >= 4 is 23.2 Å². The second-order valence-corrected chi connectivity index (χ2v) is 6.24. The first-order valence-electron chi connectivity index (χ1n) is 7.21. The predicted octanol–water partition coefficient (Wildman–Crippen LogP) is 1.48. The Morgan fingerprint density at radius 2 is 2.22 bits per heavy atom. The summed E-state index contributed by atoms with van der Waals surface area (Å²) < 4.78 is 7.10. The second-order valence-electron chi connectivity index (χ2n) is 5.36. The molecule has 3 heterocycles. The molecule has 0 unspecified atom stereocenters. The van der Waals surface area contributed by atoms with Crippen molar-refractivity contribution in [2.45, 2.75) is 19.9 Å². The van der Waals surface area contributed by atoms with Crippen molar-refractivity contribution in [2.24, 2.45) is 0 Å². The number of carbonyl (C=O) groups is 2. The van der Waals surface area contributed by atoms with Crippen molar-refractivity contribution in [3.8, 4) is 5.13 Å². The molecule has 2 aromatic rings. The Hall–Kier alpha value is -2.19. The van der Waals surface area contributed by atoms with Crippen LogP contribution in [0.1, 0.15) is 21.7 Å². The van der Waals surface area contributed by atoms with Gasteiger partial charge in [0.15, 0.2) is 11.2 Å². The van der Waals surface area contributed by atoms with Gasteiger partial charge >= 0.3 is 5.97 Å². The average molecular weight is 335 g/mol. The molecule has 7 nitrogen and oxygen atoms in total. The van der Waals surface area contributed by atoms with Gasteiger partial charge in [-0.15, -0.1) is 11.3 Å². The Kier molecular flexibility index (Phi) is 4.18. The van der Waals surface area contributed by atoms with E-state index in [0.717, 1.165) is 16.5 Å². The Morgan fingerprint density at radius 1 is 1.43 bits per heavy atom. The van der Waals surface area contributed by atoms with E-state index in [1.54, 1.807) is 12.3 Å². The standard InChI is InChI=1S/C15H17N3O4S/c1-9-7-11(10(2)18(9)15-16-3-6-23-15)13(19)17-4-5-22-8-12(17)14(20)21/h3,6-7,12H,4-5,8H2,1-2H3,(H,20,21)/t12-/m1/s1. The van der Waals surface area contributed by atoms with E-state index in [2.05, 4.69) is 4.98 Å². The first-order valence-corrected chi connectivity index (χ1v) is 8.09. The van der Waals surface area contributed by atoms with E-state index >= 15 is 0 Å². The molecule has 1 aliphatic rings. The third-order valence-corrected chi connectivity index (χ3v) is 4.70. The summed E-state index contributed by atoms with van der Waals surface area (Å²) in [6.45, 7) is 4.39. The summed E-state index contributed by atoms with van der Waals surface area (Å²) >= 11 is 1.48. The van der Waals surface area contributed by atoms with Gasteiger partial charge in [-0.2, -0.15) is 0 Å². The van der Waals surface area contributed by atoms with Crippen LogP contribution in [0.3, 0.4) is 0 Å². The molecule has 1 N–H and O–H groups in total. The Morgan fingerprint density at radius 3 is 2.87 bits per heavy atom. The van der Waals surface area contributed by atoms with Gasteiger partial charge < -0.3 is 14.7 Å². The van der Waals surface area contributed by atoms with Crippen molar-refractivity contribution in [3.63, 3.8) is 0 Å². The molecule has 1 saturated heterocycles. The molecule has 0 bridgehead atoms. The smallest absolute Gasteiger partial charge is 0.328 e. The molecular formula is C15H17N3O4S. The number of ether oxygens (including phenoxy) is 1. The number of hydrogen-bond donors (Lipinski definition) is 1. The lowest BCUT2D eigenvalue weighted by Crippen LogP contribution is -2.52. The van der Waals surface area contributed by atoms with E-state index in [1.807, 2.05) is 23.8 Å². The fraction of sp³-hybridized carbons (Fsp3) is 0.400. The van der Waals surface area contributed by atoms with Crippen LogP contribution in [0.25, 0.3) is 5.13 Å². The van der Waals surface area contributed by atoms with Crippen LogP contribution in [-0.4, -0.2) is 57.2 Å². The number of rotatable bonds is 3. The van der Waals surface area contributed by atoms with Crippen LogP contribution in [0.5, 0.6) is 0 Å². The number of amides is 1. The molecule has 1 fully saturated rings. The number of carboxylic acid groups (broad SMARTS) is 1. The molecule has 0 radical (unpaired) electrons. The normalized spacial score (nSPS) is 18.2. The van der Waals surface area contributed by atoms with E-state index in [9.17, 15) is 14.7 Å². The van der Waals surface area contributed by atoms with Crippen LogP contribution in [-0.2, 0) is 9.53 Å². The van der Waals surface area contributed by atoms with Gasteiger partial charge in [0, 0.05) is 29.5 Å². The third-order valence-electron chi connectivity index (χ3n) is 3.95. The van der Waals surface area contributed by atoms with Gasteiger partial charge in [-0.3, -0.25) is 9.36 Å². The van der Waals surface area contributed by atoms with Gasteiger partial charge in [0.2, 0.25) is 0 Å². The monoisotopic (exact) mass is 335 g/mol. The van der Waals surface area contributed by atoms with Gasteiger partial charge in [-0.1, -0.05) is 0 Å². The molecule has 3 rings (SSSR count). The SMILES string of the molecule is Cc1cc(C(=O)N2CCOC[C@@H]2C(=O)O)c(C)n1-c1nccs1. The highest BCUT2D eigenvalue weighted by molar-refractivity contribution is 7.12. The number of aryl methyl sites for hydroxylation is 1. The Labute approximate surface area is 137 Å². The minimum atomic E-state index is -1.05. The number of aliphatic carboxylic acids is 1. The fourth-order valence-electron chi connectivity index (χ4n) is 2.81. The number of hydrogen-bond acceptors (Lipinski definition) is 5. The van der Waals surface area contributed by atoms with Crippen LogP contribution in [0.2, 0.25) is 0 Å². The first-order chi connectivity index (χ1) is 11.0. The zero-order valence-electron chi connectivity index (χ0n) is 12.9. The quantitative estimate of drug-likeness (QED) is 0.918. The van der Waals surface area contributed by atoms with Crippen LogP contribution in [0, 0.1) is 13.8 Å². The molecule has 1 aliphatic heterocycles. The highest BCUT2D eigenvalue weighted by Crippen LogP contribution is 2.24. The summed E-state index contributed by atoms with van der Waals surface area (Å²) in [4.78, 5) is 29.9. The largest absolute Gasteiger partial charge is 0.480 e. The highest BCUT2D eigenvalue weighted by atomic mass is 32.1. The maximum absolute atomic E-state index is 12.8.